The van der Waals surface area contributed by atoms with Crippen LogP contribution in [0.25, 0.3) is 0 Å². The van der Waals surface area contributed by atoms with Crippen LogP contribution in [0.3, 0.4) is 0 Å². The number of rotatable bonds is 2. The average molecular weight is 253 g/mol. The topological polar surface area (TPSA) is 29.3 Å². The first-order valence-electron chi connectivity index (χ1n) is 4.44. The first kappa shape index (κ1) is 12.3. The highest BCUT2D eigenvalue weighted by Crippen LogP contribution is 2.23. The van der Waals surface area contributed by atoms with E-state index < -0.39 is 0 Å². The Labute approximate surface area is 99.4 Å². The number of likely N-dealkylation sites (tertiary alicyclic amines) is 1. The smallest absolute Gasteiger partial charge is 0.0557 e. The van der Waals surface area contributed by atoms with Gasteiger partial charge in [-0.2, -0.15) is 11.3 Å². The Bertz CT molecular complexity index is 290. The summed E-state index contributed by atoms with van der Waals surface area (Å²) in [7, 11) is 0. The van der Waals surface area contributed by atoms with Crippen molar-refractivity contribution in [2.45, 2.75) is 19.0 Å². The number of thiophene rings is 1. The lowest BCUT2D eigenvalue weighted by molar-refractivity contribution is 0.327. The summed E-state index contributed by atoms with van der Waals surface area (Å²) in [5, 5.41) is 4.99. The number of halogens is 2. The second-order valence-corrected chi connectivity index (χ2v) is 4.68. The third-order valence-electron chi connectivity index (χ3n) is 2.39. The molecule has 2 heterocycles. The van der Waals surface area contributed by atoms with Gasteiger partial charge < -0.3 is 5.73 Å². The average Bonchev–Trinajstić information content (AvgIpc) is 2.64. The zero-order chi connectivity index (χ0) is 9.26. The predicted octanol–water partition coefficient (Wildman–Crippen LogP) is 2.36. The summed E-state index contributed by atoms with van der Waals surface area (Å²) < 4.78 is 0. The van der Waals surface area contributed by atoms with Gasteiger partial charge in [0.15, 0.2) is 0 Å². The molecule has 2 rings (SSSR count). The molecule has 1 aromatic rings. The minimum absolute atomic E-state index is 0. The van der Waals surface area contributed by atoms with Crippen LogP contribution >= 0.6 is 35.3 Å². The molecule has 1 aromatic heterocycles. The van der Waals surface area contributed by atoms with Gasteiger partial charge in [-0.15, -0.1) is 12.4 Å². The SMILES string of the molecule is Cl.NC1CCN(Cc2cscc2Cl)C1. The van der Waals surface area contributed by atoms with Crippen LogP contribution in [0.15, 0.2) is 10.8 Å². The Morgan fingerprint density at radius 3 is 2.86 bits per heavy atom. The van der Waals surface area contributed by atoms with E-state index in [1.54, 1.807) is 11.3 Å². The van der Waals surface area contributed by atoms with Crippen molar-refractivity contribution in [1.82, 2.24) is 4.90 Å². The molecule has 2 nitrogen and oxygen atoms in total. The van der Waals surface area contributed by atoms with Crippen molar-refractivity contribution >= 4 is 35.3 Å². The van der Waals surface area contributed by atoms with Gasteiger partial charge in [0, 0.05) is 31.1 Å². The number of hydrogen-bond acceptors (Lipinski definition) is 3. The van der Waals surface area contributed by atoms with E-state index >= 15 is 0 Å². The maximum absolute atomic E-state index is 6.01. The van der Waals surface area contributed by atoms with Crippen molar-refractivity contribution in [2.75, 3.05) is 13.1 Å². The van der Waals surface area contributed by atoms with Crippen LogP contribution in [0, 0.1) is 0 Å². The molecule has 0 saturated carbocycles. The molecule has 0 aliphatic carbocycles. The van der Waals surface area contributed by atoms with Crippen LogP contribution in [-0.4, -0.2) is 24.0 Å². The highest BCUT2D eigenvalue weighted by Gasteiger charge is 2.19. The molecule has 5 heteroatoms. The van der Waals surface area contributed by atoms with Crippen molar-refractivity contribution in [3.63, 3.8) is 0 Å². The van der Waals surface area contributed by atoms with E-state index in [4.69, 9.17) is 17.3 Å². The molecule has 2 N–H and O–H groups in total. The second kappa shape index (κ2) is 5.33. The van der Waals surface area contributed by atoms with E-state index in [0.29, 0.717) is 6.04 Å². The molecule has 0 radical (unpaired) electrons. The van der Waals surface area contributed by atoms with E-state index in [9.17, 15) is 0 Å². The molecule has 1 unspecified atom stereocenters. The first-order valence-corrected chi connectivity index (χ1v) is 5.76. The summed E-state index contributed by atoms with van der Waals surface area (Å²) in [6, 6.07) is 0.359. The number of nitrogens with two attached hydrogens (primary N) is 1. The van der Waals surface area contributed by atoms with Crippen LogP contribution in [0.4, 0.5) is 0 Å². The lowest BCUT2D eigenvalue weighted by Crippen LogP contribution is -2.26. The highest BCUT2D eigenvalue weighted by atomic mass is 35.5. The molecule has 0 amide bonds. The standard InChI is InChI=1S/C9H13ClN2S.ClH/c10-9-6-13-5-7(9)3-12-2-1-8(11)4-12;/h5-6,8H,1-4,11H2;1H. The largest absolute Gasteiger partial charge is 0.326 e. The summed E-state index contributed by atoms with van der Waals surface area (Å²) in [6.07, 6.45) is 1.11. The fourth-order valence-corrected chi connectivity index (χ4v) is 2.71. The van der Waals surface area contributed by atoms with E-state index in [1.165, 1.54) is 5.56 Å². The lowest BCUT2D eigenvalue weighted by Gasteiger charge is -2.13. The summed E-state index contributed by atoms with van der Waals surface area (Å²) in [6.45, 7) is 3.07. The fraction of sp³-hybridized carbons (Fsp3) is 0.556. The van der Waals surface area contributed by atoms with Gasteiger partial charge in [-0.1, -0.05) is 11.6 Å². The summed E-state index contributed by atoms with van der Waals surface area (Å²) in [5.74, 6) is 0. The van der Waals surface area contributed by atoms with Crippen LogP contribution in [-0.2, 0) is 6.54 Å². The predicted molar refractivity (Wildman–Crippen MR) is 64.4 cm³/mol. The van der Waals surface area contributed by atoms with Gasteiger partial charge in [0.2, 0.25) is 0 Å². The second-order valence-electron chi connectivity index (χ2n) is 3.53. The molecular weight excluding hydrogens is 239 g/mol. The molecule has 1 aliphatic rings. The Kier molecular flexibility index (Phi) is 4.67. The van der Waals surface area contributed by atoms with Crippen molar-refractivity contribution in [3.05, 3.63) is 21.3 Å². The maximum atomic E-state index is 6.01. The molecule has 1 aliphatic heterocycles. The van der Waals surface area contributed by atoms with E-state index in [-0.39, 0.29) is 12.4 Å². The van der Waals surface area contributed by atoms with E-state index in [1.807, 2.05) is 5.38 Å². The number of hydrogen-bond donors (Lipinski definition) is 1. The van der Waals surface area contributed by atoms with Gasteiger partial charge >= 0.3 is 0 Å². The lowest BCUT2D eigenvalue weighted by atomic mass is 10.3. The zero-order valence-electron chi connectivity index (χ0n) is 7.78. The molecular formula is C9H14Cl2N2S. The van der Waals surface area contributed by atoms with Crippen molar-refractivity contribution in [3.8, 4) is 0 Å². The third-order valence-corrected chi connectivity index (χ3v) is 3.66. The molecule has 80 valence electrons. The maximum Gasteiger partial charge on any atom is 0.0557 e. The Hall–Kier alpha value is 0.200. The molecule has 1 atom stereocenters. The summed E-state index contributed by atoms with van der Waals surface area (Å²) in [5.41, 5.74) is 7.06. The summed E-state index contributed by atoms with van der Waals surface area (Å²) in [4.78, 5) is 2.36. The highest BCUT2D eigenvalue weighted by molar-refractivity contribution is 7.08. The van der Waals surface area contributed by atoms with Crippen molar-refractivity contribution < 1.29 is 0 Å². The Morgan fingerprint density at radius 1 is 1.57 bits per heavy atom. The van der Waals surface area contributed by atoms with Gasteiger partial charge in [0.25, 0.3) is 0 Å². The quantitative estimate of drug-likeness (QED) is 0.876. The zero-order valence-corrected chi connectivity index (χ0v) is 10.2. The molecule has 1 fully saturated rings. The van der Waals surface area contributed by atoms with Crippen molar-refractivity contribution in [1.29, 1.82) is 0 Å². The van der Waals surface area contributed by atoms with Gasteiger partial charge in [-0.05, 0) is 17.4 Å². The Morgan fingerprint density at radius 2 is 2.36 bits per heavy atom. The molecule has 0 spiro atoms. The van der Waals surface area contributed by atoms with Crippen LogP contribution in [0.5, 0.6) is 0 Å². The third kappa shape index (κ3) is 2.84. The van der Waals surface area contributed by atoms with Gasteiger partial charge in [0.1, 0.15) is 0 Å². The normalized spacial score (nSPS) is 22.3. The van der Waals surface area contributed by atoms with Crippen LogP contribution in [0.1, 0.15) is 12.0 Å². The van der Waals surface area contributed by atoms with Gasteiger partial charge in [-0.3, -0.25) is 4.90 Å². The van der Waals surface area contributed by atoms with Crippen LogP contribution in [0.2, 0.25) is 5.02 Å². The Balaban J connectivity index is 0.000000980. The molecule has 1 saturated heterocycles. The summed E-state index contributed by atoms with van der Waals surface area (Å²) >= 11 is 7.67. The van der Waals surface area contributed by atoms with Crippen LogP contribution < -0.4 is 5.73 Å². The van der Waals surface area contributed by atoms with E-state index in [0.717, 1.165) is 31.1 Å². The van der Waals surface area contributed by atoms with E-state index in [2.05, 4.69) is 10.3 Å². The van der Waals surface area contributed by atoms with Gasteiger partial charge in [-0.25, -0.2) is 0 Å². The minimum Gasteiger partial charge on any atom is -0.326 e. The minimum atomic E-state index is 0. The van der Waals surface area contributed by atoms with Gasteiger partial charge in [0.05, 0.1) is 5.02 Å². The molecule has 14 heavy (non-hydrogen) atoms. The van der Waals surface area contributed by atoms with Crippen molar-refractivity contribution in [2.24, 2.45) is 5.73 Å². The number of nitrogens with zero attached hydrogens (tertiary/aromatic N) is 1. The first-order chi connectivity index (χ1) is 6.25. The molecule has 0 aromatic carbocycles. The fourth-order valence-electron chi connectivity index (χ4n) is 1.67. The molecule has 0 bridgehead atoms. The monoisotopic (exact) mass is 252 g/mol.